The summed E-state index contributed by atoms with van der Waals surface area (Å²) in [6.07, 6.45) is 0. The molecule has 0 aliphatic carbocycles. The van der Waals surface area contributed by atoms with Gasteiger partial charge < -0.3 is 24.1 Å². The number of hydrogen-bond acceptors (Lipinski definition) is 7. The Bertz CT molecular complexity index is 1050. The van der Waals surface area contributed by atoms with Crippen LogP contribution in [0.25, 0.3) is 11.4 Å². The van der Waals surface area contributed by atoms with Gasteiger partial charge in [-0.25, -0.2) is 0 Å². The molecule has 0 aliphatic rings. The van der Waals surface area contributed by atoms with Gasteiger partial charge in [0.05, 0.1) is 27.1 Å². The summed E-state index contributed by atoms with van der Waals surface area (Å²) >= 11 is 1.32. The molecule has 0 radical (unpaired) electrons. The van der Waals surface area contributed by atoms with Crippen LogP contribution in [-0.2, 0) is 11.8 Å². The Kier molecular flexibility index (Phi) is 7.06. The fraction of sp³-hybridized carbons (Fsp3) is 0.318. The van der Waals surface area contributed by atoms with Crippen molar-refractivity contribution in [1.29, 1.82) is 0 Å². The Hall–Kier alpha value is -3.20. The Morgan fingerprint density at radius 1 is 1.03 bits per heavy atom. The predicted octanol–water partition coefficient (Wildman–Crippen LogP) is 3.86. The van der Waals surface area contributed by atoms with Gasteiger partial charge in [0.1, 0.15) is 0 Å². The van der Waals surface area contributed by atoms with Gasteiger partial charge in [-0.3, -0.25) is 4.79 Å². The number of para-hydroxylation sites is 1. The SMILES string of the molecule is COc1cc(-c2nnc(SCC(=O)Nc3c(C)cccc3C)n2C)cc(OC)c1OC. The molecule has 1 amide bonds. The lowest BCUT2D eigenvalue weighted by atomic mass is 10.1. The number of aromatic nitrogens is 3. The monoisotopic (exact) mass is 442 g/mol. The van der Waals surface area contributed by atoms with Crippen LogP contribution >= 0.6 is 11.8 Å². The number of anilines is 1. The van der Waals surface area contributed by atoms with Crippen molar-refractivity contribution in [2.45, 2.75) is 19.0 Å². The van der Waals surface area contributed by atoms with Crippen LogP contribution in [0.15, 0.2) is 35.5 Å². The van der Waals surface area contributed by atoms with E-state index in [1.54, 1.807) is 21.3 Å². The Morgan fingerprint density at radius 2 is 1.65 bits per heavy atom. The summed E-state index contributed by atoms with van der Waals surface area (Å²) in [5, 5.41) is 12.1. The third-order valence-corrected chi connectivity index (χ3v) is 5.86. The third-order valence-electron chi connectivity index (χ3n) is 4.84. The Balaban J connectivity index is 1.77. The molecule has 0 saturated carbocycles. The maximum Gasteiger partial charge on any atom is 0.234 e. The number of nitrogens with one attached hydrogen (secondary N) is 1. The van der Waals surface area contributed by atoms with Crippen LogP contribution in [0, 0.1) is 13.8 Å². The number of thioether (sulfide) groups is 1. The number of benzene rings is 2. The number of rotatable bonds is 8. The molecule has 164 valence electrons. The molecule has 0 saturated heterocycles. The third kappa shape index (κ3) is 4.77. The zero-order valence-electron chi connectivity index (χ0n) is 18.5. The molecule has 1 N–H and O–H groups in total. The summed E-state index contributed by atoms with van der Waals surface area (Å²) in [6, 6.07) is 9.55. The molecule has 3 rings (SSSR count). The van der Waals surface area contributed by atoms with Gasteiger partial charge in [0.15, 0.2) is 22.5 Å². The maximum absolute atomic E-state index is 12.5. The van der Waals surface area contributed by atoms with Gasteiger partial charge in [-0.15, -0.1) is 10.2 Å². The zero-order valence-corrected chi connectivity index (χ0v) is 19.3. The smallest absolute Gasteiger partial charge is 0.234 e. The molecular formula is C22H26N4O4S. The standard InChI is InChI=1S/C22H26N4O4S/c1-13-8-7-9-14(2)19(13)23-18(27)12-31-22-25-24-21(26(22)3)15-10-16(28-4)20(30-6)17(11-15)29-5/h7-11H,12H2,1-6H3,(H,23,27). The highest BCUT2D eigenvalue weighted by molar-refractivity contribution is 7.99. The summed E-state index contributed by atoms with van der Waals surface area (Å²) in [5.74, 6) is 2.31. The molecule has 1 heterocycles. The van der Waals surface area contributed by atoms with Crippen molar-refractivity contribution in [2.75, 3.05) is 32.4 Å². The van der Waals surface area contributed by atoms with Gasteiger partial charge in [-0.05, 0) is 37.1 Å². The highest BCUT2D eigenvalue weighted by atomic mass is 32.2. The van der Waals surface area contributed by atoms with Crippen LogP contribution in [0.1, 0.15) is 11.1 Å². The van der Waals surface area contributed by atoms with E-state index in [4.69, 9.17) is 14.2 Å². The minimum atomic E-state index is -0.0975. The second-order valence-electron chi connectivity index (χ2n) is 6.88. The minimum absolute atomic E-state index is 0.0975. The number of aryl methyl sites for hydroxylation is 2. The summed E-state index contributed by atoms with van der Waals surface area (Å²) in [7, 11) is 6.53. The summed E-state index contributed by atoms with van der Waals surface area (Å²) < 4.78 is 18.0. The molecular weight excluding hydrogens is 416 g/mol. The van der Waals surface area contributed by atoms with E-state index in [0.29, 0.717) is 28.2 Å². The Labute approximate surface area is 185 Å². The van der Waals surface area contributed by atoms with Crippen molar-refractivity contribution in [3.63, 3.8) is 0 Å². The van der Waals surface area contributed by atoms with E-state index in [2.05, 4.69) is 15.5 Å². The number of amides is 1. The number of carbonyl (C=O) groups excluding carboxylic acids is 1. The van der Waals surface area contributed by atoms with Crippen molar-refractivity contribution in [3.05, 3.63) is 41.5 Å². The fourth-order valence-electron chi connectivity index (χ4n) is 3.22. The molecule has 9 heteroatoms. The van der Waals surface area contributed by atoms with E-state index in [9.17, 15) is 4.79 Å². The topological polar surface area (TPSA) is 87.5 Å². The van der Waals surface area contributed by atoms with Gasteiger partial charge >= 0.3 is 0 Å². The number of methoxy groups -OCH3 is 3. The number of carbonyl (C=O) groups is 1. The molecule has 0 aliphatic heterocycles. The largest absolute Gasteiger partial charge is 0.493 e. The van der Waals surface area contributed by atoms with Gasteiger partial charge in [0, 0.05) is 18.3 Å². The van der Waals surface area contributed by atoms with Gasteiger partial charge in [0.25, 0.3) is 0 Å². The first-order valence-corrected chi connectivity index (χ1v) is 10.6. The van der Waals surface area contributed by atoms with E-state index in [1.165, 1.54) is 11.8 Å². The van der Waals surface area contributed by atoms with E-state index >= 15 is 0 Å². The van der Waals surface area contributed by atoms with Crippen LogP contribution in [0.5, 0.6) is 17.2 Å². The lowest BCUT2D eigenvalue weighted by Crippen LogP contribution is -2.16. The lowest BCUT2D eigenvalue weighted by molar-refractivity contribution is -0.113. The fourth-order valence-corrected chi connectivity index (χ4v) is 3.93. The second kappa shape index (κ2) is 9.74. The van der Waals surface area contributed by atoms with Crippen LogP contribution in [0.4, 0.5) is 5.69 Å². The van der Waals surface area contributed by atoms with Crippen molar-refractivity contribution < 1.29 is 19.0 Å². The molecule has 2 aromatic carbocycles. The molecule has 0 bridgehead atoms. The molecule has 0 fully saturated rings. The van der Waals surface area contributed by atoms with Crippen LogP contribution in [0.3, 0.4) is 0 Å². The molecule has 0 unspecified atom stereocenters. The molecule has 0 atom stereocenters. The van der Waals surface area contributed by atoms with Gasteiger partial charge in [-0.2, -0.15) is 0 Å². The molecule has 0 spiro atoms. The number of nitrogens with zero attached hydrogens (tertiary/aromatic N) is 3. The van der Waals surface area contributed by atoms with Crippen molar-refractivity contribution in [2.24, 2.45) is 7.05 Å². The summed E-state index contributed by atoms with van der Waals surface area (Å²) in [6.45, 7) is 3.95. The number of ether oxygens (including phenoxy) is 3. The minimum Gasteiger partial charge on any atom is -0.493 e. The maximum atomic E-state index is 12.5. The first kappa shape index (κ1) is 22.5. The highest BCUT2D eigenvalue weighted by Crippen LogP contribution is 2.41. The number of hydrogen-bond donors (Lipinski definition) is 1. The molecule has 8 nitrogen and oxygen atoms in total. The van der Waals surface area contributed by atoms with Crippen LogP contribution in [-0.4, -0.2) is 47.8 Å². The summed E-state index contributed by atoms with van der Waals surface area (Å²) in [5.41, 5.74) is 3.67. The second-order valence-corrected chi connectivity index (χ2v) is 7.83. The van der Waals surface area contributed by atoms with Crippen molar-refractivity contribution in [3.8, 4) is 28.6 Å². The predicted molar refractivity (Wildman–Crippen MR) is 121 cm³/mol. The van der Waals surface area contributed by atoms with Crippen LogP contribution < -0.4 is 19.5 Å². The normalized spacial score (nSPS) is 10.6. The quantitative estimate of drug-likeness (QED) is 0.530. The van der Waals surface area contributed by atoms with Crippen LogP contribution in [0.2, 0.25) is 0 Å². The highest BCUT2D eigenvalue weighted by Gasteiger charge is 2.19. The molecule has 31 heavy (non-hydrogen) atoms. The summed E-state index contributed by atoms with van der Waals surface area (Å²) in [4.78, 5) is 12.5. The van der Waals surface area contributed by atoms with Crippen molar-refractivity contribution >= 4 is 23.4 Å². The average molecular weight is 443 g/mol. The van der Waals surface area contributed by atoms with Crippen molar-refractivity contribution in [1.82, 2.24) is 14.8 Å². The molecule has 1 aromatic heterocycles. The van der Waals surface area contributed by atoms with E-state index in [-0.39, 0.29) is 11.7 Å². The zero-order chi connectivity index (χ0) is 22.5. The van der Waals surface area contributed by atoms with E-state index in [0.717, 1.165) is 22.4 Å². The van der Waals surface area contributed by atoms with E-state index < -0.39 is 0 Å². The van der Waals surface area contributed by atoms with Gasteiger partial charge in [-0.1, -0.05) is 30.0 Å². The van der Waals surface area contributed by atoms with E-state index in [1.807, 2.05) is 55.8 Å². The average Bonchev–Trinajstić information content (AvgIpc) is 3.14. The van der Waals surface area contributed by atoms with Gasteiger partial charge in [0.2, 0.25) is 11.7 Å². The first-order valence-electron chi connectivity index (χ1n) is 9.58. The lowest BCUT2D eigenvalue weighted by Gasteiger charge is -2.14. The Morgan fingerprint density at radius 3 is 2.19 bits per heavy atom. The molecule has 3 aromatic rings. The first-order chi connectivity index (χ1) is 14.9.